The first-order valence-electron chi connectivity index (χ1n) is 6.24. The van der Waals surface area contributed by atoms with Gasteiger partial charge in [0.05, 0.1) is 12.1 Å². The highest BCUT2D eigenvalue weighted by Gasteiger charge is 2.24. The Hall–Kier alpha value is -1.13. The third-order valence-electron chi connectivity index (χ3n) is 3.18. The molecule has 1 aromatic rings. The van der Waals surface area contributed by atoms with Crippen molar-refractivity contribution in [1.29, 1.82) is 0 Å². The molecule has 1 N–H and O–H groups in total. The SMILES string of the molecule is CCC(C)C(NCc1ccc(Cl)c(F)c1)C(=O)OC. The van der Waals surface area contributed by atoms with E-state index in [-0.39, 0.29) is 16.9 Å². The number of benzene rings is 1. The van der Waals surface area contributed by atoms with Crippen molar-refractivity contribution in [2.45, 2.75) is 32.9 Å². The number of carbonyl (C=O) groups is 1. The summed E-state index contributed by atoms with van der Waals surface area (Å²) in [7, 11) is 1.36. The van der Waals surface area contributed by atoms with E-state index in [1.165, 1.54) is 19.2 Å². The number of nitrogens with one attached hydrogen (secondary N) is 1. The molecule has 0 aliphatic carbocycles. The van der Waals surface area contributed by atoms with Gasteiger partial charge in [0.15, 0.2) is 0 Å². The molecule has 0 saturated heterocycles. The zero-order valence-electron chi connectivity index (χ0n) is 11.4. The second-order valence-electron chi connectivity index (χ2n) is 4.52. The van der Waals surface area contributed by atoms with Crippen LogP contribution >= 0.6 is 11.6 Å². The Morgan fingerprint density at radius 3 is 2.74 bits per heavy atom. The number of carbonyl (C=O) groups excluding carboxylic acids is 1. The predicted molar refractivity (Wildman–Crippen MR) is 73.5 cm³/mol. The summed E-state index contributed by atoms with van der Waals surface area (Å²) in [5.41, 5.74) is 0.735. The van der Waals surface area contributed by atoms with Gasteiger partial charge >= 0.3 is 5.97 Å². The number of hydrogen-bond acceptors (Lipinski definition) is 3. The van der Waals surface area contributed by atoms with Crippen LogP contribution in [0.25, 0.3) is 0 Å². The minimum Gasteiger partial charge on any atom is -0.468 e. The number of ether oxygens (including phenoxy) is 1. The predicted octanol–water partition coefficient (Wildman–Crippen LogP) is 3.16. The van der Waals surface area contributed by atoms with Gasteiger partial charge in [0.25, 0.3) is 0 Å². The van der Waals surface area contributed by atoms with Gasteiger partial charge in [0.1, 0.15) is 11.9 Å². The third-order valence-corrected chi connectivity index (χ3v) is 3.48. The molecule has 0 aliphatic rings. The van der Waals surface area contributed by atoms with E-state index >= 15 is 0 Å². The van der Waals surface area contributed by atoms with Crippen LogP contribution in [-0.2, 0) is 16.1 Å². The molecule has 0 aromatic heterocycles. The second-order valence-corrected chi connectivity index (χ2v) is 4.92. The fraction of sp³-hybridized carbons (Fsp3) is 0.500. The van der Waals surface area contributed by atoms with Crippen molar-refractivity contribution in [2.75, 3.05) is 7.11 Å². The van der Waals surface area contributed by atoms with Gasteiger partial charge in [-0.2, -0.15) is 0 Å². The lowest BCUT2D eigenvalue weighted by Crippen LogP contribution is -2.42. The van der Waals surface area contributed by atoms with Crippen molar-refractivity contribution in [3.8, 4) is 0 Å². The minimum absolute atomic E-state index is 0.0928. The molecule has 3 nitrogen and oxygen atoms in total. The van der Waals surface area contributed by atoms with Gasteiger partial charge in [0.2, 0.25) is 0 Å². The summed E-state index contributed by atoms with van der Waals surface area (Å²) in [6.07, 6.45) is 0.849. The minimum atomic E-state index is -0.459. The molecule has 0 bridgehead atoms. The van der Waals surface area contributed by atoms with E-state index in [2.05, 4.69) is 5.32 Å². The molecule has 106 valence electrons. The lowest BCUT2D eigenvalue weighted by atomic mass is 9.99. The highest BCUT2D eigenvalue weighted by atomic mass is 35.5. The molecule has 0 fully saturated rings. The summed E-state index contributed by atoms with van der Waals surface area (Å²) in [4.78, 5) is 11.7. The summed E-state index contributed by atoms with van der Waals surface area (Å²) in [6, 6.07) is 4.20. The molecule has 1 rings (SSSR count). The van der Waals surface area contributed by atoms with Crippen LogP contribution in [0.4, 0.5) is 4.39 Å². The van der Waals surface area contributed by atoms with Crippen molar-refractivity contribution in [3.63, 3.8) is 0 Å². The van der Waals surface area contributed by atoms with Crippen LogP contribution in [0.15, 0.2) is 18.2 Å². The summed E-state index contributed by atoms with van der Waals surface area (Å²) < 4.78 is 18.1. The standard InChI is InChI=1S/C14H19ClFNO2/c1-4-9(2)13(14(18)19-3)17-8-10-5-6-11(15)12(16)7-10/h5-7,9,13,17H,4,8H2,1-3H3. The van der Waals surface area contributed by atoms with Crippen LogP contribution in [0.1, 0.15) is 25.8 Å². The second kappa shape index (κ2) is 7.46. The van der Waals surface area contributed by atoms with Crippen LogP contribution < -0.4 is 5.32 Å². The van der Waals surface area contributed by atoms with Crippen molar-refractivity contribution >= 4 is 17.6 Å². The Bertz CT molecular complexity index is 439. The zero-order chi connectivity index (χ0) is 14.4. The molecule has 0 amide bonds. The normalized spacial score (nSPS) is 13.9. The van der Waals surface area contributed by atoms with Crippen molar-refractivity contribution in [2.24, 2.45) is 5.92 Å². The average Bonchev–Trinajstić information content (AvgIpc) is 2.42. The Morgan fingerprint density at radius 2 is 2.21 bits per heavy atom. The molecule has 19 heavy (non-hydrogen) atoms. The highest BCUT2D eigenvalue weighted by molar-refractivity contribution is 6.30. The van der Waals surface area contributed by atoms with E-state index in [1.54, 1.807) is 6.07 Å². The maximum absolute atomic E-state index is 13.3. The summed E-state index contributed by atoms with van der Waals surface area (Å²) in [6.45, 7) is 4.36. The van der Waals surface area contributed by atoms with Gasteiger partial charge in [-0.05, 0) is 23.6 Å². The number of hydrogen-bond donors (Lipinski definition) is 1. The van der Waals surface area contributed by atoms with E-state index in [1.807, 2.05) is 13.8 Å². The van der Waals surface area contributed by atoms with Crippen LogP contribution in [-0.4, -0.2) is 19.1 Å². The van der Waals surface area contributed by atoms with E-state index < -0.39 is 11.9 Å². The number of halogens is 2. The van der Waals surface area contributed by atoms with E-state index in [0.29, 0.717) is 6.54 Å². The smallest absolute Gasteiger partial charge is 0.323 e. The fourth-order valence-electron chi connectivity index (χ4n) is 1.76. The molecular formula is C14H19ClFNO2. The molecule has 0 spiro atoms. The Labute approximate surface area is 118 Å². The first-order valence-corrected chi connectivity index (χ1v) is 6.62. The van der Waals surface area contributed by atoms with E-state index in [4.69, 9.17) is 16.3 Å². The van der Waals surface area contributed by atoms with Crippen molar-refractivity contribution in [1.82, 2.24) is 5.32 Å². The van der Waals surface area contributed by atoms with Crippen molar-refractivity contribution < 1.29 is 13.9 Å². The maximum atomic E-state index is 13.3. The lowest BCUT2D eigenvalue weighted by molar-refractivity contribution is -0.144. The van der Waals surface area contributed by atoms with Gasteiger partial charge in [-0.1, -0.05) is 37.9 Å². The Balaban J connectivity index is 2.70. The molecule has 2 atom stereocenters. The first-order chi connectivity index (χ1) is 8.99. The third kappa shape index (κ3) is 4.48. The van der Waals surface area contributed by atoms with E-state index in [0.717, 1.165) is 12.0 Å². The highest BCUT2D eigenvalue weighted by Crippen LogP contribution is 2.16. The molecule has 0 aliphatic heterocycles. The average molecular weight is 288 g/mol. The zero-order valence-corrected chi connectivity index (χ0v) is 12.1. The lowest BCUT2D eigenvalue weighted by Gasteiger charge is -2.22. The summed E-state index contributed by atoms with van der Waals surface area (Å²) in [5, 5.41) is 3.19. The molecule has 5 heteroatoms. The molecule has 1 aromatic carbocycles. The van der Waals surface area contributed by atoms with Crippen LogP contribution in [0, 0.1) is 11.7 Å². The molecule has 0 heterocycles. The van der Waals surface area contributed by atoms with Gasteiger partial charge in [-0.15, -0.1) is 0 Å². The molecule has 0 saturated carbocycles. The molecule has 2 unspecified atom stereocenters. The maximum Gasteiger partial charge on any atom is 0.323 e. The van der Waals surface area contributed by atoms with Gasteiger partial charge in [-0.3, -0.25) is 4.79 Å². The van der Waals surface area contributed by atoms with Crippen molar-refractivity contribution in [3.05, 3.63) is 34.6 Å². The number of rotatable bonds is 6. The Morgan fingerprint density at radius 1 is 1.53 bits per heavy atom. The molecular weight excluding hydrogens is 269 g/mol. The van der Waals surface area contributed by atoms with Crippen LogP contribution in [0.2, 0.25) is 5.02 Å². The van der Waals surface area contributed by atoms with Gasteiger partial charge in [-0.25, -0.2) is 4.39 Å². The fourth-order valence-corrected chi connectivity index (χ4v) is 1.87. The quantitative estimate of drug-likeness (QED) is 0.817. The summed E-state index contributed by atoms with van der Waals surface area (Å²) >= 11 is 5.62. The number of methoxy groups -OCH3 is 1. The van der Waals surface area contributed by atoms with Gasteiger partial charge in [0, 0.05) is 6.54 Å². The monoisotopic (exact) mass is 287 g/mol. The van der Waals surface area contributed by atoms with Gasteiger partial charge < -0.3 is 10.1 Å². The number of esters is 1. The first kappa shape index (κ1) is 15.9. The topological polar surface area (TPSA) is 38.3 Å². The Kier molecular flexibility index (Phi) is 6.25. The largest absolute Gasteiger partial charge is 0.468 e. The van der Waals surface area contributed by atoms with Crippen LogP contribution in [0.3, 0.4) is 0 Å². The molecule has 0 radical (unpaired) electrons. The van der Waals surface area contributed by atoms with Crippen LogP contribution in [0.5, 0.6) is 0 Å². The van der Waals surface area contributed by atoms with E-state index in [9.17, 15) is 9.18 Å². The summed E-state index contributed by atoms with van der Waals surface area (Å²) in [5.74, 6) is -0.618.